The maximum Gasteiger partial charge on any atom is 4.00 e. The molecular weight excluding hydrogens is 852 g/mol. The standard InChI is InChI=1S/C48H30N4O8.Zr/c53-45(54)29-9-1-25(2-10-29)41-33-17-19-35(49-33)42(26-3-11-30(12-4-26)46(55)56)37-21-23-39(51-37)44(28-7-15-32(16-8-28)48(59)60)40-24-22-38(52-40)43(36-20-18-34(41)50-36)27-5-13-31(14-6-27)47(57)58;/h1-24,49,52H,(H,53,54)(H,55,56)(H,57,58)(H,59,60);/q;+4/p-4. The van der Waals surface area contributed by atoms with Gasteiger partial charge in [0, 0.05) is 44.3 Å². The van der Waals surface area contributed by atoms with Gasteiger partial charge in [-0.05, 0) is 93.1 Å². The van der Waals surface area contributed by atoms with E-state index in [-0.39, 0.29) is 48.5 Å². The second-order valence-corrected chi connectivity index (χ2v) is 14.0. The third-order valence-corrected chi connectivity index (χ3v) is 10.4. The number of fused-ring (bicyclic) bond motifs is 8. The van der Waals surface area contributed by atoms with Gasteiger partial charge in [0.25, 0.3) is 0 Å². The topological polar surface area (TPSA) is 218 Å². The second kappa shape index (κ2) is 16.1. The van der Waals surface area contributed by atoms with Crippen molar-refractivity contribution in [2.45, 2.75) is 0 Å². The molecule has 2 aliphatic heterocycles. The summed E-state index contributed by atoms with van der Waals surface area (Å²) in [6.07, 6.45) is 7.33. The van der Waals surface area contributed by atoms with Gasteiger partial charge in [-0.3, -0.25) is 0 Å². The van der Waals surface area contributed by atoms with Crippen molar-refractivity contribution < 1.29 is 65.8 Å². The van der Waals surface area contributed by atoms with Crippen LogP contribution in [0.5, 0.6) is 0 Å². The van der Waals surface area contributed by atoms with Crippen LogP contribution in [0.4, 0.5) is 0 Å². The van der Waals surface area contributed by atoms with E-state index in [1.165, 1.54) is 48.5 Å². The molecule has 0 atom stereocenters. The minimum absolute atomic E-state index is 0. The van der Waals surface area contributed by atoms with E-state index in [1.54, 1.807) is 48.5 Å². The molecule has 5 heterocycles. The molecule has 0 radical (unpaired) electrons. The number of aromatic nitrogens is 4. The Labute approximate surface area is 365 Å². The van der Waals surface area contributed by atoms with Crippen LogP contribution in [-0.4, -0.2) is 43.8 Å². The Morgan fingerprint density at radius 3 is 0.705 bits per heavy atom. The fourth-order valence-electron chi connectivity index (χ4n) is 7.51. The van der Waals surface area contributed by atoms with E-state index in [2.05, 4.69) is 9.97 Å². The zero-order valence-corrected chi connectivity index (χ0v) is 34.0. The van der Waals surface area contributed by atoms with Gasteiger partial charge in [-0.1, -0.05) is 97.1 Å². The Morgan fingerprint density at radius 1 is 0.328 bits per heavy atom. The number of benzene rings is 4. The zero-order valence-electron chi connectivity index (χ0n) is 31.5. The van der Waals surface area contributed by atoms with Crippen molar-refractivity contribution in [1.29, 1.82) is 0 Å². The molecule has 0 amide bonds. The minimum atomic E-state index is -1.32. The Morgan fingerprint density at radius 2 is 0.525 bits per heavy atom. The van der Waals surface area contributed by atoms with Gasteiger partial charge in [-0.15, -0.1) is 0 Å². The quantitative estimate of drug-likeness (QED) is 0.213. The van der Waals surface area contributed by atoms with Crippen molar-refractivity contribution in [2.24, 2.45) is 0 Å². The smallest absolute Gasteiger partial charge is 0.545 e. The fourth-order valence-corrected chi connectivity index (χ4v) is 7.51. The maximum atomic E-state index is 11.7. The first kappa shape index (κ1) is 40.0. The molecule has 290 valence electrons. The largest absolute Gasteiger partial charge is 4.00 e. The van der Waals surface area contributed by atoms with Crippen LogP contribution in [0.25, 0.3) is 90.9 Å². The van der Waals surface area contributed by atoms with Crippen molar-refractivity contribution in [1.82, 2.24) is 19.9 Å². The summed E-state index contributed by atoms with van der Waals surface area (Å²) in [7, 11) is 0. The molecule has 9 rings (SSSR count). The van der Waals surface area contributed by atoms with Gasteiger partial charge < -0.3 is 49.6 Å². The van der Waals surface area contributed by atoms with E-state index in [0.717, 1.165) is 0 Å². The number of rotatable bonds is 8. The van der Waals surface area contributed by atoms with Crippen LogP contribution >= 0.6 is 0 Å². The summed E-state index contributed by atoms with van der Waals surface area (Å²) in [5, 5.41) is 46.8. The SMILES string of the molecule is O=C([O-])c1ccc(-c2c3nc(c(-c4ccc(C(=O)[O-])cc4)c4ccc([nH]4)c(-c4ccc(C(=O)[O-])cc4)c4nc(c(-c5ccc(C(=O)[O-])cc5)c5ccc2[nH]5)C=C4)C=C3)cc1.[Zr+4]. The monoisotopic (exact) mass is 876 g/mol. The fraction of sp³-hybridized carbons (Fsp3) is 0. The van der Waals surface area contributed by atoms with Gasteiger partial charge in [0.15, 0.2) is 0 Å². The number of carbonyl (C=O) groups excluding carboxylic acids is 4. The number of nitrogens with one attached hydrogen (secondary N) is 2. The Balaban J connectivity index is 0.00000514. The normalized spacial score (nSPS) is 11.5. The van der Waals surface area contributed by atoms with Crippen LogP contribution in [0.15, 0.2) is 121 Å². The van der Waals surface area contributed by atoms with E-state index in [9.17, 15) is 39.6 Å². The van der Waals surface area contributed by atoms with Crippen molar-refractivity contribution in [3.63, 3.8) is 0 Å². The van der Waals surface area contributed by atoms with E-state index < -0.39 is 23.9 Å². The zero-order chi connectivity index (χ0) is 41.7. The number of carboxylic acid groups (broad SMARTS) is 4. The number of hydrogen-bond donors (Lipinski definition) is 2. The number of aromatic carboxylic acids is 4. The van der Waals surface area contributed by atoms with Gasteiger partial charge in [0.1, 0.15) is 0 Å². The van der Waals surface area contributed by atoms with Crippen molar-refractivity contribution >= 4 is 70.2 Å². The molecule has 8 bridgehead atoms. The third kappa shape index (κ3) is 7.54. The summed E-state index contributed by atoms with van der Waals surface area (Å²) in [5.74, 6) is -5.30. The molecule has 13 heteroatoms. The van der Waals surface area contributed by atoms with Crippen LogP contribution in [0.3, 0.4) is 0 Å². The summed E-state index contributed by atoms with van der Waals surface area (Å²) in [6.45, 7) is 0. The Bertz CT molecular complexity index is 2760. The Hall–Kier alpha value is -7.76. The van der Waals surface area contributed by atoms with Gasteiger partial charge in [0.05, 0.1) is 46.7 Å². The molecule has 0 aliphatic carbocycles. The average Bonchev–Trinajstić information content (AvgIpc) is 4.10. The van der Waals surface area contributed by atoms with Gasteiger partial charge >= 0.3 is 26.2 Å². The second-order valence-electron chi connectivity index (χ2n) is 14.0. The summed E-state index contributed by atoms with van der Waals surface area (Å²) < 4.78 is 0. The molecule has 0 saturated heterocycles. The summed E-state index contributed by atoms with van der Waals surface area (Å²) in [5.41, 5.74) is 9.58. The molecule has 2 N–H and O–H groups in total. The van der Waals surface area contributed by atoms with Crippen LogP contribution in [0.2, 0.25) is 0 Å². The molecule has 7 aromatic rings. The van der Waals surface area contributed by atoms with E-state index in [1.807, 2.05) is 48.6 Å². The number of carboxylic acids is 4. The molecule has 12 nitrogen and oxygen atoms in total. The summed E-state index contributed by atoms with van der Waals surface area (Å²) >= 11 is 0. The number of hydrogen-bond acceptors (Lipinski definition) is 10. The summed E-state index contributed by atoms with van der Waals surface area (Å²) in [6, 6.07) is 32.4. The van der Waals surface area contributed by atoms with Gasteiger partial charge in [0.2, 0.25) is 0 Å². The molecule has 61 heavy (non-hydrogen) atoms. The predicted molar refractivity (Wildman–Crippen MR) is 218 cm³/mol. The number of H-pyrrole nitrogens is 2. The van der Waals surface area contributed by atoms with E-state index in [4.69, 9.17) is 9.97 Å². The molecule has 0 spiro atoms. The summed E-state index contributed by atoms with van der Waals surface area (Å²) in [4.78, 5) is 64.2. The molecule has 0 unspecified atom stereocenters. The van der Waals surface area contributed by atoms with Crippen LogP contribution in [-0.2, 0) is 26.2 Å². The first-order valence-corrected chi connectivity index (χ1v) is 18.5. The van der Waals surface area contributed by atoms with Crippen LogP contribution in [0.1, 0.15) is 64.2 Å². The van der Waals surface area contributed by atoms with Crippen molar-refractivity contribution in [3.05, 3.63) is 166 Å². The first-order chi connectivity index (χ1) is 29.0. The molecule has 2 aliphatic rings. The average molecular weight is 878 g/mol. The maximum absolute atomic E-state index is 11.7. The van der Waals surface area contributed by atoms with E-state index >= 15 is 0 Å². The predicted octanol–water partition coefficient (Wildman–Crippen LogP) is 4.78. The molecule has 4 aromatic carbocycles. The number of carbonyl (C=O) groups is 4. The van der Waals surface area contributed by atoms with Gasteiger partial charge in [-0.25, -0.2) is 9.97 Å². The Kier molecular flexibility index (Phi) is 10.6. The van der Waals surface area contributed by atoms with E-state index in [0.29, 0.717) is 89.4 Å². The molecule has 0 fully saturated rings. The first-order valence-electron chi connectivity index (χ1n) is 18.5. The minimum Gasteiger partial charge on any atom is -0.545 e. The van der Waals surface area contributed by atoms with Crippen LogP contribution < -0.4 is 20.4 Å². The van der Waals surface area contributed by atoms with Crippen LogP contribution in [0, 0.1) is 0 Å². The molecule has 3 aromatic heterocycles. The number of aromatic amines is 2. The van der Waals surface area contributed by atoms with Crippen molar-refractivity contribution in [2.75, 3.05) is 0 Å². The van der Waals surface area contributed by atoms with Crippen molar-refractivity contribution in [3.8, 4) is 44.5 Å². The number of nitrogens with zero attached hydrogens (tertiary/aromatic N) is 2. The molecule has 0 saturated carbocycles. The molecular formula is C48H26N4O8Zr. The van der Waals surface area contributed by atoms with Gasteiger partial charge in [-0.2, -0.15) is 0 Å². The third-order valence-electron chi connectivity index (χ3n) is 10.4.